The van der Waals surface area contributed by atoms with Gasteiger partial charge in [-0.2, -0.15) is 4.98 Å². The fourth-order valence-electron chi connectivity index (χ4n) is 3.11. The van der Waals surface area contributed by atoms with Crippen molar-refractivity contribution >= 4 is 29.1 Å². The van der Waals surface area contributed by atoms with E-state index in [0.717, 1.165) is 42.7 Å². The van der Waals surface area contributed by atoms with Gasteiger partial charge in [-0.05, 0) is 48.2 Å². The molecule has 0 bridgehead atoms. The van der Waals surface area contributed by atoms with Crippen LogP contribution in [0.25, 0.3) is 0 Å². The fourth-order valence-corrected chi connectivity index (χ4v) is 3.23. The molecule has 0 unspecified atom stereocenters. The number of fused-ring (bicyclic) bond motifs is 1. The Labute approximate surface area is 152 Å². The number of anilines is 3. The van der Waals surface area contributed by atoms with Crippen molar-refractivity contribution in [2.45, 2.75) is 12.8 Å². The van der Waals surface area contributed by atoms with Crippen LogP contribution in [0.5, 0.6) is 0 Å². The highest BCUT2D eigenvalue weighted by Crippen LogP contribution is 2.32. The lowest BCUT2D eigenvalue weighted by Gasteiger charge is -2.17. The standard InChI is InChI=1S/C20H19ClN4/c21-17-7-5-15(6-8-17)9-12-22-19-10-13-23-20(24-19)25-14-11-16-3-1-2-4-18(16)25/h1-8,10,13H,9,11-12,14H2,(H,22,23,24). The van der Waals surface area contributed by atoms with Crippen molar-refractivity contribution in [3.05, 3.63) is 76.9 Å². The first-order valence-electron chi connectivity index (χ1n) is 8.46. The molecule has 1 aliphatic heterocycles. The summed E-state index contributed by atoms with van der Waals surface area (Å²) in [6.45, 7) is 1.74. The highest BCUT2D eigenvalue weighted by Gasteiger charge is 2.21. The van der Waals surface area contributed by atoms with E-state index < -0.39 is 0 Å². The zero-order chi connectivity index (χ0) is 17.1. The molecule has 3 aromatic rings. The van der Waals surface area contributed by atoms with Crippen LogP contribution in [0, 0.1) is 0 Å². The van der Waals surface area contributed by atoms with Gasteiger partial charge in [-0.3, -0.25) is 0 Å². The number of aromatic nitrogens is 2. The number of hydrogen-bond acceptors (Lipinski definition) is 4. The van der Waals surface area contributed by atoms with Gasteiger partial charge in [0, 0.05) is 30.0 Å². The van der Waals surface area contributed by atoms with Crippen LogP contribution in [0.3, 0.4) is 0 Å². The molecule has 0 radical (unpaired) electrons. The summed E-state index contributed by atoms with van der Waals surface area (Å²) in [5.41, 5.74) is 3.81. The minimum absolute atomic E-state index is 0.751. The summed E-state index contributed by atoms with van der Waals surface area (Å²) in [5, 5.41) is 4.15. The lowest BCUT2D eigenvalue weighted by Crippen LogP contribution is -2.17. The Kier molecular flexibility index (Phi) is 4.53. The van der Waals surface area contributed by atoms with E-state index in [1.165, 1.54) is 16.8 Å². The molecule has 126 valence electrons. The van der Waals surface area contributed by atoms with Crippen LogP contribution < -0.4 is 10.2 Å². The number of rotatable bonds is 5. The van der Waals surface area contributed by atoms with E-state index in [9.17, 15) is 0 Å². The van der Waals surface area contributed by atoms with E-state index in [-0.39, 0.29) is 0 Å². The summed E-state index contributed by atoms with van der Waals surface area (Å²) < 4.78 is 0. The van der Waals surface area contributed by atoms with Gasteiger partial charge in [0.05, 0.1) is 0 Å². The van der Waals surface area contributed by atoms with Gasteiger partial charge in [0.2, 0.25) is 5.95 Å². The molecule has 0 amide bonds. The summed E-state index contributed by atoms with van der Waals surface area (Å²) in [7, 11) is 0. The molecular formula is C20H19ClN4. The second-order valence-corrected chi connectivity index (χ2v) is 6.51. The van der Waals surface area contributed by atoms with E-state index in [1.54, 1.807) is 0 Å². The van der Waals surface area contributed by atoms with Gasteiger partial charge >= 0.3 is 0 Å². The van der Waals surface area contributed by atoms with Gasteiger partial charge in [0.1, 0.15) is 5.82 Å². The second kappa shape index (κ2) is 7.11. The molecule has 0 fully saturated rings. The van der Waals surface area contributed by atoms with Crippen molar-refractivity contribution in [1.82, 2.24) is 9.97 Å². The molecule has 0 saturated heterocycles. The van der Waals surface area contributed by atoms with Crippen LogP contribution in [0.15, 0.2) is 60.8 Å². The van der Waals surface area contributed by atoms with E-state index >= 15 is 0 Å². The third-order valence-electron chi connectivity index (χ3n) is 4.40. The SMILES string of the molecule is Clc1ccc(CCNc2ccnc(N3CCc4ccccc43)n2)cc1. The maximum Gasteiger partial charge on any atom is 0.231 e. The first-order chi connectivity index (χ1) is 12.3. The summed E-state index contributed by atoms with van der Waals surface area (Å²) in [6, 6.07) is 18.3. The molecule has 0 saturated carbocycles. The Balaban J connectivity index is 1.43. The summed E-state index contributed by atoms with van der Waals surface area (Å²) in [6.07, 6.45) is 3.77. The average molecular weight is 351 g/mol. The van der Waals surface area contributed by atoms with Crippen molar-refractivity contribution in [2.75, 3.05) is 23.3 Å². The third-order valence-corrected chi connectivity index (χ3v) is 4.66. The lowest BCUT2D eigenvalue weighted by atomic mass is 10.1. The topological polar surface area (TPSA) is 41.1 Å². The molecule has 4 rings (SSSR count). The zero-order valence-corrected chi connectivity index (χ0v) is 14.6. The van der Waals surface area contributed by atoms with Crippen LogP contribution in [0.1, 0.15) is 11.1 Å². The molecule has 4 nitrogen and oxygen atoms in total. The monoisotopic (exact) mass is 350 g/mol. The molecule has 25 heavy (non-hydrogen) atoms. The van der Waals surface area contributed by atoms with Gasteiger partial charge in [-0.1, -0.05) is 41.9 Å². The molecule has 0 aliphatic carbocycles. The quantitative estimate of drug-likeness (QED) is 0.736. The van der Waals surface area contributed by atoms with Gasteiger partial charge in [-0.15, -0.1) is 0 Å². The maximum atomic E-state index is 5.92. The van der Waals surface area contributed by atoms with Crippen molar-refractivity contribution < 1.29 is 0 Å². The molecule has 0 spiro atoms. The molecule has 0 atom stereocenters. The van der Waals surface area contributed by atoms with Crippen molar-refractivity contribution in [3.8, 4) is 0 Å². The van der Waals surface area contributed by atoms with Crippen molar-refractivity contribution in [2.24, 2.45) is 0 Å². The molecular weight excluding hydrogens is 332 g/mol. The predicted molar refractivity (Wildman–Crippen MR) is 103 cm³/mol. The highest BCUT2D eigenvalue weighted by atomic mass is 35.5. The van der Waals surface area contributed by atoms with Crippen LogP contribution in [-0.4, -0.2) is 23.1 Å². The second-order valence-electron chi connectivity index (χ2n) is 6.08. The van der Waals surface area contributed by atoms with E-state index in [1.807, 2.05) is 24.4 Å². The fraction of sp³-hybridized carbons (Fsp3) is 0.200. The maximum absolute atomic E-state index is 5.92. The minimum Gasteiger partial charge on any atom is -0.370 e. The lowest BCUT2D eigenvalue weighted by molar-refractivity contribution is 0.932. The van der Waals surface area contributed by atoms with Gasteiger partial charge in [0.25, 0.3) is 0 Å². The highest BCUT2D eigenvalue weighted by molar-refractivity contribution is 6.30. The molecule has 5 heteroatoms. The number of hydrogen-bond donors (Lipinski definition) is 1. The Morgan fingerprint density at radius 3 is 2.76 bits per heavy atom. The first-order valence-corrected chi connectivity index (χ1v) is 8.84. The van der Waals surface area contributed by atoms with Crippen molar-refractivity contribution in [3.63, 3.8) is 0 Å². The third kappa shape index (κ3) is 3.59. The Morgan fingerprint density at radius 2 is 1.88 bits per heavy atom. The minimum atomic E-state index is 0.751. The molecule has 1 aliphatic rings. The summed E-state index contributed by atoms with van der Waals surface area (Å²) in [4.78, 5) is 11.3. The Bertz CT molecular complexity index is 864. The van der Waals surface area contributed by atoms with E-state index in [4.69, 9.17) is 11.6 Å². The predicted octanol–water partition coefficient (Wildman–Crippen LogP) is 4.48. The first kappa shape index (κ1) is 15.9. The van der Waals surface area contributed by atoms with Crippen molar-refractivity contribution in [1.29, 1.82) is 0 Å². The molecule has 1 N–H and O–H groups in total. The number of halogens is 1. The van der Waals surface area contributed by atoms with Crippen LogP contribution in [-0.2, 0) is 12.8 Å². The van der Waals surface area contributed by atoms with Crippen LogP contribution in [0.4, 0.5) is 17.5 Å². The van der Waals surface area contributed by atoms with Gasteiger partial charge < -0.3 is 10.2 Å². The summed E-state index contributed by atoms with van der Waals surface area (Å²) in [5.74, 6) is 1.60. The number of benzene rings is 2. The number of nitrogens with one attached hydrogen (secondary N) is 1. The molecule has 1 aromatic heterocycles. The van der Waals surface area contributed by atoms with Gasteiger partial charge in [0.15, 0.2) is 0 Å². The molecule has 2 aromatic carbocycles. The summed E-state index contributed by atoms with van der Waals surface area (Å²) >= 11 is 5.92. The zero-order valence-electron chi connectivity index (χ0n) is 13.8. The van der Waals surface area contributed by atoms with E-state index in [2.05, 4.69) is 56.6 Å². The normalized spacial score (nSPS) is 12.9. The largest absolute Gasteiger partial charge is 0.370 e. The van der Waals surface area contributed by atoms with Crippen LogP contribution >= 0.6 is 11.6 Å². The number of nitrogens with zero attached hydrogens (tertiary/aromatic N) is 3. The Morgan fingerprint density at radius 1 is 1.04 bits per heavy atom. The van der Waals surface area contributed by atoms with Gasteiger partial charge in [-0.25, -0.2) is 4.98 Å². The Hall–Kier alpha value is -2.59. The smallest absolute Gasteiger partial charge is 0.231 e. The van der Waals surface area contributed by atoms with Crippen LogP contribution in [0.2, 0.25) is 5.02 Å². The number of para-hydroxylation sites is 1. The average Bonchev–Trinajstić information content (AvgIpc) is 3.08. The van der Waals surface area contributed by atoms with E-state index in [0.29, 0.717) is 0 Å². The molecule has 2 heterocycles.